The molecule has 0 bridgehead atoms. The number of nitrogens with zero attached hydrogens (tertiary/aromatic N) is 2. The molecule has 2 aromatic heterocycles. The SMILES string of the molecule is CCc1ccccc1CCc1cc(O)c(C(c2cccc(NS(=O)(=O)c3cc(C#N)ccn3)c2)C2CC2)c(=O)o1. The Balaban J connectivity index is 1.41. The van der Waals surface area contributed by atoms with Gasteiger partial charge in [0.25, 0.3) is 10.0 Å². The fraction of sp³-hybridized carbons (Fsp3) is 0.258. The molecule has 0 amide bonds. The van der Waals surface area contributed by atoms with Crippen molar-refractivity contribution in [3.63, 3.8) is 0 Å². The molecule has 1 unspecified atom stereocenters. The number of aryl methyl sites for hydroxylation is 3. The van der Waals surface area contributed by atoms with Crippen LogP contribution in [0.15, 0.2) is 87.2 Å². The summed E-state index contributed by atoms with van der Waals surface area (Å²) in [6.07, 6.45) is 5.09. The fourth-order valence-electron chi connectivity index (χ4n) is 5.09. The maximum Gasteiger partial charge on any atom is 0.343 e. The lowest BCUT2D eigenvalue weighted by atomic mass is 9.87. The van der Waals surface area contributed by atoms with Gasteiger partial charge in [0.05, 0.1) is 17.2 Å². The number of nitrogens with one attached hydrogen (secondary N) is 1. The van der Waals surface area contributed by atoms with E-state index in [1.165, 1.54) is 35.5 Å². The molecule has 9 heteroatoms. The molecule has 40 heavy (non-hydrogen) atoms. The van der Waals surface area contributed by atoms with E-state index in [1.807, 2.05) is 24.3 Å². The first-order valence-corrected chi connectivity index (χ1v) is 14.7. The highest BCUT2D eigenvalue weighted by molar-refractivity contribution is 7.92. The second-order valence-electron chi connectivity index (χ2n) is 9.96. The van der Waals surface area contributed by atoms with Crippen molar-refractivity contribution in [3.8, 4) is 11.8 Å². The molecule has 1 atom stereocenters. The maximum atomic E-state index is 13.2. The van der Waals surface area contributed by atoms with Gasteiger partial charge in [0, 0.05) is 30.3 Å². The van der Waals surface area contributed by atoms with E-state index < -0.39 is 21.6 Å². The zero-order valence-corrected chi connectivity index (χ0v) is 22.8. The van der Waals surface area contributed by atoms with Gasteiger partial charge in [-0.15, -0.1) is 0 Å². The Kier molecular flexibility index (Phi) is 7.71. The summed E-state index contributed by atoms with van der Waals surface area (Å²) in [5.74, 6) is -0.0247. The molecule has 2 aromatic carbocycles. The zero-order chi connectivity index (χ0) is 28.3. The Morgan fingerprint density at radius 2 is 1.85 bits per heavy atom. The number of nitriles is 1. The Labute approximate surface area is 233 Å². The number of hydrogen-bond donors (Lipinski definition) is 2. The van der Waals surface area contributed by atoms with Gasteiger partial charge in [0.15, 0.2) is 5.03 Å². The Morgan fingerprint density at radius 1 is 1.07 bits per heavy atom. The van der Waals surface area contributed by atoms with Crippen molar-refractivity contribution in [2.75, 3.05) is 4.72 Å². The maximum absolute atomic E-state index is 13.2. The molecule has 5 rings (SSSR count). The summed E-state index contributed by atoms with van der Waals surface area (Å²) < 4.78 is 34.1. The quantitative estimate of drug-likeness (QED) is 0.271. The molecule has 1 aliphatic carbocycles. The average Bonchev–Trinajstić information content (AvgIpc) is 3.79. The van der Waals surface area contributed by atoms with Gasteiger partial charge in [-0.1, -0.05) is 43.3 Å². The number of sulfonamides is 1. The molecule has 204 valence electrons. The van der Waals surface area contributed by atoms with Gasteiger partial charge in [-0.25, -0.2) is 9.78 Å². The molecular weight excluding hydrogens is 526 g/mol. The number of aromatic nitrogens is 1. The van der Waals surface area contributed by atoms with E-state index >= 15 is 0 Å². The Morgan fingerprint density at radius 3 is 2.55 bits per heavy atom. The Hall–Kier alpha value is -4.42. The lowest BCUT2D eigenvalue weighted by Crippen LogP contribution is -2.18. The second kappa shape index (κ2) is 11.4. The molecule has 2 N–H and O–H groups in total. The molecule has 0 radical (unpaired) electrons. The number of hydrogen-bond acceptors (Lipinski definition) is 7. The third kappa shape index (κ3) is 5.92. The summed E-state index contributed by atoms with van der Waals surface area (Å²) >= 11 is 0. The molecule has 1 fully saturated rings. The summed E-state index contributed by atoms with van der Waals surface area (Å²) in [5.41, 5.74) is 3.17. The van der Waals surface area contributed by atoms with Crippen LogP contribution in [0.5, 0.6) is 5.75 Å². The average molecular weight is 556 g/mol. The van der Waals surface area contributed by atoms with Crippen LogP contribution < -0.4 is 10.3 Å². The lowest BCUT2D eigenvalue weighted by Gasteiger charge is -2.19. The molecule has 0 aliphatic heterocycles. The van der Waals surface area contributed by atoms with E-state index in [1.54, 1.807) is 18.2 Å². The van der Waals surface area contributed by atoms with Gasteiger partial charge < -0.3 is 9.52 Å². The Bertz CT molecular complexity index is 1750. The second-order valence-corrected chi connectivity index (χ2v) is 11.6. The van der Waals surface area contributed by atoms with Crippen molar-refractivity contribution in [3.05, 3.63) is 117 Å². The van der Waals surface area contributed by atoms with Gasteiger partial charge in [-0.05, 0) is 72.6 Å². The standard InChI is InChI=1S/C31H29N3O5S/c1-2-21-6-3-4-7-22(21)12-13-26-18-27(35)30(31(36)39-26)29(23-10-11-23)24-8-5-9-25(17-24)34-40(37,38)28-16-20(19-32)14-15-33-28/h3-9,14-18,23,29,34-35H,2,10-13H2,1H3. The molecule has 0 spiro atoms. The van der Waals surface area contributed by atoms with Crippen LogP contribution in [0.3, 0.4) is 0 Å². The first kappa shape index (κ1) is 27.2. The van der Waals surface area contributed by atoms with E-state index in [2.05, 4.69) is 28.8 Å². The third-order valence-electron chi connectivity index (χ3n) is 7.20. The summed E-state index contributed by atoms with van der Waals surface area (Å²) in [6.45, 7) is 2.10. The summed E-state index contributed by atoms with van der Waals surface area (Å²) in [7, 11) is -4.06. The highest BCUT2D eigenvalue weighted by Gasteiger charge is 2.37. The minimum absolute atomic E-state index is 0.115. The van der Waals surface area contributed by atoms with Crippen LogP contribution >= 0.6 is 0 Å². The van der Waals surface area contributed by atoms with Crippen molar-refractivity contribution in [1.82, 2.24) is 4.98 Å². The predicted molar refractivity (Wildman–Crippen MR) is 151 cm³/mol. The molecule has 2 heterocycles. The monoisotopic (exact) mass is 555 g/mol. The molecular formula is C31H29N3O5S. The van der Waals surface area contributed by atoms with Gasteiger partial charge in [-0.3, -0.25) is 4.72 Å². The van der Waals surface area contributed by atoms with Crippen LogP contribution in [0.1, 0.15) is 59.3 Å². The lowest BCUT2D eigenvalue weighted by molar-refractivity contribution is 0.403. The molecule has 4 aromatic rings. The van der Waals surface area contributed by atoms with Crippen LogP contribution in [-0.4, -0.2) is 18.5 Å². The van der Waals surface area contributed by atoms with Crippen molar-refractivity contribution >= 4 is 15.7 Å². The largest absolute Gasteiger partial charge is 0.507 e. The van der Waals surface area contributed by atoms with Crippen LogP contribution in [0.4, 0.5) is 5.69 Å². The van der Waals surface area contributed by atoms with Crippen LogP contribution in [-0.2, 0) is 29.3 Å². The minimum atomic E-state index is -4.06. The summed E-state index contributed by atoms with van der Waals surface area (Å²) in [4.78, 5) is 17.1. The third-order valence-corrected chi connectivity index (χ3v) is 8.48. The highest BCUT2D eigenvalue weighted by Crippen LogP contribution is 2.48. The molecule has 1 saturated carbocycles. The smallest absolute Gasteiger partial charge is 0.343 e. The van der Waals surface area contributed by atoms with E-state index in [-0.39, 0.29) is 33.5 Å². The summed E-state index contributed by atoms with van der Waals surface area (Å²) in [6, 6.07) is 20.9. The first-order chi connectivity index (χ1) is 19.3. The summed E-state index contributed by atoms with van der Waals surface area (Å²) in [5, 5.41) is 19.9. The number of aromatic hydroxyl groups is 1. The fourth-order valence-corrected chi connectivity index (χ4v) is 6.11. The minimum Gasteiger partial charge on any atom is -0.507 e. The topological polar surface area (TPSA) is 133 Å². The highest BCUT2D eigenvalue weighted by atomic mass is 32.2. The van der Waals surface area contributed by atoms with E-state index in [0.29, 0.717) is 24.2 Å². The number of rotatable bonds is 10. The van der Waals surface area contributed by atoms with Gasteiger partial charge in [0.1, 0.15) is 11.5 Å². The van der Waals surface area contributed by atoms with Crippen LogP contribution in [0, 0.1) is 17.2 Å². The van der Waals surface area contributed by atoms with E-state index in [4.69, 9.17) is 9.68 Å². The van der Waals surface area contributed by atoms with Crippen molar-refractivity contribution in [2.45, 2.75) is 50.0 Å². The molecule has 8 nitrogen and oxygen atoms in total. The van der Waals surface area contributed by atoms with Crippen LogP contribution in [0.2, 0.25) is 0 Å². The predicted octanol–water partition coefficient (Wildman–Crippen LogP) is 5.30. The number of benzene rings is 2. The number of anilines is 1. The van der Waals surface area contributed by atoms with Crippen LogP contribution in [0.25, 0.3) is 0 Å². The van der Waals surface area contributed by atoms with Crippen molar-refractivity contribution in [2.24, 2.45) is 5.92 Å². The molecule has 1 aliphatic rings. The van der Waals surface area contributed by atoms with E-state index in [9.17, 15) is 18.3 Å². The zero-order valence-electron chi connectivity index (χ0n) is 22.0. The van der Waals surface area contributed by atoms with Gasteiger partial charge in [-0.2, -0.15) is 13.7 Å². The first-order valence-electron chi connectivity index (χ1n) is 13.2. The van der Waals surface area contributed by atoms with Gasteiger partial charge in [0.2, 0.25) is 0 Å². The van der Waals surface area contributed by atoms with E-state index in [0.717, 1.165) is 19.3 Å². The number of pyridine rings is 1. The normalized spacial score (nSPS) is 13.9. The molecule has 0 saturated heterocycles. The van der Waals surface area contributed by atoms with Crippen molar-refractivity contribution in [1.29, 1.82) is 5.26 Å². The van der Waals surface area contributed by atoms with Gasteiger partial charge >= 0.3 is 5.63 Å². The van der Waals surface area contributed by atoms with Crippen molar-refractivity contribution < 1.29 is 17.9 Å².